The van der Waals surface area contributed by atoms with E-state index in [0.29, 0.717) is 39.2 Å². The molecule has 5 rings (SSSR count). The third-order valence-corrected chi connectivity index (χ3v) is 9.34. The van der Waals surface area contributed by atoms with Gasteiger partial charge < -0.3 is 5.73 Å². The number of ketones is 1. The second-order valence-corrected chi connectivity index (χ2v) is 12.0. The van der Waals surface area contributed by atoms with E-state index in [2.05, 4.69) is 25.1 Å². The number of thioether (sulfide) groups is 1. The number of allylic oxidation sites excluding steroid dienone is 3. The zero-order valence-electron chi connectivity index (χ0n) is 22.1. The van der Waals surface area contributed by atoms with Gasteiger partial charge in [0.1, 0.15) is 5.82 Å². The minimum Gasteiger partial charge on any atom is -0.384 e. The molecule has 39 heavy (non-hydrogen) atoms. The molecule has 1 aliphatic heterocycles. The van der Waals surface area contributed by atoms with Crippen molar-refractivity contribution in [3.63, 3.8) is 0 Å². The van der Waals surface area contributed by atoms with Crippen molar-refractivity contribution in [1.82, 2.24) is 0 Å². The average Bonchev–Trinajstić information content (AvgIpc) is 2.91. The van der Waals surface area contributed by atoms with Crippen molar-refractivity contribution in [2.75, 3.05) is 4.90 Å². The average molecular weight is 575 g/mol. The van der Waals surface area contributed by atoms with Crippen molar-refractivity contribution in [3.8, 4) is 6.07 Å². The van der Waals surface area contributed by atoms with Crippen LogP contribution < -0.4 is 10.6 Å². The van der Waals surface area contributed by atoms with Crippen molar-refractivity contribution in [1.29, 1.82) is 5.26 Å². The monoisotopic (exact) mass is 573 g/mol. The summed E-state index contributed by atoms with van der Waals surface area (Å²) in [5.41, 5.74) is 14.9. The van der Waals surface area contributed by atoms with E-state index in [1.807, 2.05) is 49.1 Å². The van der Waals surface area contributed by atoms with E-state index in [-0.39, 0.29) is 5.78 Å². The van der Waals surface area contributed by atoms with Crippen LogP contribution in [0.2, 0.25) is 10.0 Å². The Morgan fingerprint density at radius 2 is 1.85 bits per heavy atom. The number of halogens is 2. The number of hydrogen-bond donors (Lipinski definition) is 1. The highest BCUT2D eigenvalue weighted by Gasteiger charge is 2.41. The van der Waals surface area contributed by atoms with Crippen LogP contribution in [0.1, 0.15) is 53.0 Å². The summed E-state index contributed by atoms with van der Waals surface area (Å²) >= 11 is 14.3. The number of Topliss-reactive ketones (excluding diaryl/α,β-unsaturated/α-hetero) is 1. The molecule has 0 bridgehead atoms. The highest BCUT2D eigenvalue weighted by atomic mass is 35.5. The second-order valence-electron chi connectivity index (χ2n) is 10.1. The molecule has 3 aromatic rings. The number of aryl methyl sites for hydroxylation is 2. The predicted octanol–water partition coefficient (Wildman–Crippen LogP) is 8.52. The predicted molar refractivity (Wildman–Crippen MR) is 161 cm³/mol. The number of nitrogens with two attached hydrogens (primary N) is 1. The summed E-state index contributed by atoms with van der Waals surface area (Å²) in [5.74, 6) is 0.649. The second kappa shape index (κ2) is 11.1. The molecule has 3 aromatic carbocycles. The number of anilines is 1. The molecule has 2 aliphatic rings. The zero-order chi connectivity index (χ0) is 27.8. The van der Waals surface area contributed by atoms with Crippen molar-refractivity contribution in [3.05, 3.63) is 115 Å². The Balaban J connectivity index is 1.65. The van der Waals surface area contributed by atoms with Crippen LogP contribution in [0.4, 0.5) is 5.69 Å². The Hall–Kier alpha value is -3.17. The molecule has 1 aliphatic carbocycles. The van der Waals surface area contributed by atoms with Crippen LogP contribution in [0.15, 0.2) is 82.2 Å². The normalized spacial score (nSPS) is 17.4. The fraction of sp³-hybridized carbons (Fsp3) is 0.250. The molecule has 0 amide bonds. The molecular weight excluding hydrogens is 545 g/mol. The van der Waals surface area contributed by atoms with E-state index >= 15 is 0 Å². The van der Waals surface area contributed by atoms with Crippen molar-refractivity contribution >= 4 is 46.4 Å². The topological polar surface area (TPSA) is 70.1 Å². The Bertz CT molecular complexity index is 1600. The third-order valence-electron chi connectivity index (χ3n) is 7.56. The lowest BCUT2D eigenvalue weighted by atomic mass is 9.73. The van der Waals surface area contributed by atoms with Gasteiger partial charge >= 0.3 is 0 Å². The molecule has 0 spiro atoms. The van der Waals surface area contributed by atoms with Crippen LogP contribution in [0.25, 0.3) is 0 Å². The fourth-order valence-corrected chi connectivity index (χ4v) is 7.19. The number of para-hydroxylation sites is 1. The van der Waals surface area contributed by atoms with Crippen LogP contribution >= 0.6 is 35.0 Å². The van der Waals surface area contributed by atoms with Gasteiger partial charge in [-0.25, -0.2) is 0 Å². The molecule has 1 atom stereocenters. The molecular formula is C32H29Cl2N3OS. The summed E-state index contributed by atoms with van der Waals surface area (Å²) in [4.78, 5) is 16.5. The maximum absolute atomic E-state index is 13.6. The molecule has 4 nitrogen and oxygen atoms in total. The molecule has 2 N–H and O–H groups in total. The first kappa shape index (κ1) is 27.4. The number of benzene rings is 3. The largest absolute Gasteiger partial charge is 0.384 e. The Kier molecular flexibility index (Phi) is 7.82. The minimum absolute atomic E-state index is 0.0858. The Morgan fingerprint density at radius 3 is 2.59 bits per heavy atom. The van der Waals surface area contributed by atoms with Crippen LogP contribution in [0.3, 0.4) is 0 Å². The number of rotatable bonds is 5. The maximum atomic E-state index is 13.6. The van der Waals surface area contributed by atoms with Gasteiger partial charge in [-0.3, -0.25) is 9.69 Å². The smallest absolute Gasteiger partial charge is 0.161 e. The van der Waals surface area contributed by atoms with Gasteiger partial charge in [-0.2, -0.15) is 5.26 Å². The summed E-state index contributed by atoms with van der Waals surface area (Å²) in [6, 6.07) is 20.1. The van der Waals surface area contributed by atoms with Crippen molar-refractivity contribution in [2.24, 2.45) is 5.73 Å². The van der Waals surface area contributed by atoms with E-state index in [4.69, 9.17) is 28.9 Å². The molecule has 0 aromatic heterocycles. The summed E-state index contributed by atoms with van der Waals surface area (Å²) in [6.07, 6.45) is 1.96. The molecule has 1 heterocycles. The first-order valence-electron chi connectivity index (χ1n) is 12.9. The number of nitriles is 1. The lowest BCUT2D eigenvalue weighted by Gasteiger charge is -2.40. The Labute approximate surface area is 244 Å². The van der Waals surface area contributed by atoms with Crippen LogP contribution in [0, 0.1) is 32.1 Å². The van der Waals surface area contributed by atoms with Gasteiger partial charge in [-0.1, -0.05) is 59.1 Å². The van der Waals surface area contributed by atoms with E-state index in [1.165, 1.54) is 0 Å². The van der Waals surface area contributed by atoms with Gasteiger partial charge in [0.15, 0.2) is 5.78 Å². The molecule has 198 valence electrons. The fourth-order valence-electron chi connectivity index (χ4n) is 5.64. The molecule has 0 saturated carbocycles. The lowest BCUT2D eigenvalue weighted by molar-refractivity contribution is -0.116. The zero-order valence-corrected chi connectivity index (χ0v) is 24.5. The van der Waals surface area contributed by atoms with E-state index in [1.54, 1.807) is 23.9 Å². The SMILES string of the molecule is Cc1cc(CSc2cc(Cl)ccc2Cl)c(C)c(C2C(C#N)=C(N)N(c3ccccc3C)C3=C2C(=O)CCC3)c1. The van der Waals surface area contributed by atoms with Crippen LogP contribution in [0.5, 0.6) is 0 Å². The lowest BCUT2D eigenvalue weighted by Crippen LogP contribution is -2.39. The highest BCUT2D eigenvalue weighted by Crippen LogP contribution is 2.48. The number of hydrogen-bond acceptors (Lipinski definition) is 5. The number of carbonyl (C=O) groups excluding carboxylic acids is 1. The first-order valence-corrected chi connectivity index (χ1v) is 14.6. The molecule has 0 fully saturated rings. The third kappa shape index (κ3) is 5.10. The summed E-state index contributed by atoms with van der Waals surface area (Å²) in [7, 11) is 0. The summed E-state index contributed by atoms with van der Waals surface area (Å²) in [6.45, 7) is 6.13. The van der Waals surface area contributed by atoms with Gasteiger partial charge in [-0.15, -0.1) is 11.8 Å². The Morgan fingerprint density at radius 1 is 1.08 bits per heavy atom. The summed E-state index contributed by atoms with van der Waals surface area (Å²) in [5, 5.41) is 11.8. The highest BCUT2D eigenvalue weighted by molar-refractivity contribution is 7.98. The minimum atomic E-state index is -0.503. The van der Waals surface area contributed by atoms with E-state index in [0.717, 1.165) is 56.9 Å². The molecule has 0 radical (unpaired) electrons. The summed E-state index contributed by atoms with van der Waals surface area (Å²) < 4.78 is 0. The van der Waals surface area contributed by atoms with Crippen LogP contribution in [-0.4, -0.2) is 5.78 Å². The molecule has 7 heteroatoms. The van der Waals surface area contributed by atoms with Crippen LogP contribution in [-0.2, 0) is 10.5 Å². The first-order chi connectivity index (χ1) is 18.7. The van der Waals surface area contributed by atoms with Crippen molar-refractivity contribution < 1.29 is 4.79 Å². The quantitative estimate of drug-likeness (QED) is 0.310. The maximum Gasteiger partial charge on any atom is 0.161 e. The number of carbonyl (C=O) groups is 1. The van der Waals surface area contributed by atoms with Gasteiger partial charge in [0.25, 0.3) is 0 Å². The van der Waals surface area contributed by atoms with Crippen molar-refractivity contribution in [2.45, 2.75) is 56.6 Å². The van der Waals surface area contributed by atoms with Gasteiger partial charge in [-0.05, 0) is 80.1 Å². The van der Waals surface area contributed by atoms with Gasteiger partial charge in [0.05, 0.1) is 28.3 Å². The molecule has 0 saturated heterocycles. The van der Waals surface area contributed by atoms with E-state index < -0.39 is 5.92 Å². The van der Waals surface area contributed by atoms with Gasteiger partial charge in [0, 0.05) is 33.4 Å². The van der Waals surface area contributed by atoms with Gasteiger partial charge in [0.2, 0.25) is 0 Å². The standard InChI is InChI=1S/C32H29Cl2N3OS/c1-18-13-21(17-39-29-15-22(33)11-12-25(29)34)20(3)23(14-18)30-24(16-35)32(36)37(26-8-5-4-7-19(26)2)27-9-6-10-28(38)31(27)30/h4-5,7-8,11-15,30H,6,9-10,17,36H2,1-3H3. The number of nitrogens with zero attached hydrogens (tertiary/aromatic N) is 2. The van der Waals surface area contributed by atoms with E-state index in [9.17, 15) is 10.1 Å². The molecule has 1 unspecified atom stereocenters.